The van der Waals surface area contributed by atoms with E-state index in [4.69, 9.17) is 9.47 Å². The highest BCUT2D eigenvalue weighted by atomic mass is 32.2. The summed E-state index contributed by atoms with van der Waals surface area (Å²) in [5, 5.41) is -0.109. The minimum absolute atomic E-state index is 0.109. The average Bonchev–Trinajstić information content (AvgIpc) is 2.92. The Morgan fingerprint density at radius 2 is 2.21 bits per heavy atom. The molecule has 126 valence electrons. The van der Waals surface area contributed by atoms with Crippen molar-refractivity contribution in [1.82, 2.24) is 0 Å². The molecule has 7 heteroatoms. The third-order valence-electron chi connectivity index (χ3n) is 2.79. The van der Waals surface area contributed by atoms with Crippen LogP contribution in [0.2, 0.25) is 0 Å². The molecular formula is C17H17NO4S2. The van der Waals surface area contributed by atoms with Gasteiger partial charge in [0.25, 0.3) is 0 Å². The van der Waals surface area contributed by atoms with Gasteiger partial charge in [-0.25, -0.2) is 9.79 Å². The van der Waals surface area contributed by atoms with E-state index in [2.05, 4.69) is 11.6 Å². The molecule has 0 saturated heterocycles. The molecule has 1 aliphatic heterocycles. The quantitative estimate of drug-likeness (QED) is 0.420. The summed E-state index contributed by atoms with van der Waals surface area (Å²) in [5.74, 6) is 0.762. The monoisotopic (exact) mass is 363 g/mol. The molecule has 5 nitrogen and oxygen atoms in total. The molecule has 0 N–H and O–H groups in total. The van der Waals surface area contributed by atoms with Crippen LogP contribution in [0.1, 0.15) is 12.5 Å². The Kier molecular flexibility index (Phi) is 7.14. The average molecular weight is 363 g/mol. The highest BCUT2D eigenvalue weighted by molar-refractivity contribution is 8.45. The van der Waals surface area contributed by atoms with Crippen molar-refractivity contribution in [3.05, 3.63) is 48.2 Å². The molecule has 1 aromatic carbocycles. The van der Waals surface area contributed by atoms with Gasteiger partial charge in [0.2, 0.25) is 5.12 Å². The van der Waals surface area contributed by atoms with Crippen LogP contribution >= 0.6 is 23.5 Å². The molecule has 0 unspecified atom stereocenters. The summed E-state index contributed by atoms with van der Waals surface area (Å²) in [6, 6.07) is 7.15. The molecule has 0 fully saturated rings. The van der Waals surface area contributed by atoms with E-state index in [1.807, 2.05) is 6.07 Å². The molecule has 0 atom stereocenters. The molecular weight excluding hydrogens is 346 g/mol. The number of carbonyl (C=O) groups is 2. The van der Waals surface area contributed by atoms with Gasteiger partial charge in [0.15, 0.2) is 6.61 Å². The topological polar surface area (TPSA) is 65.0 Å². The van der Waals surface area contributed by atoms with E-state index in [1.165, 1.54) is 11.8 Å². The third kappa shape index (κ3) is 5.28. The number of hydrogen-bond acceptors (Lipinski definition) is 7. The maximum atomic E-state index is 12.0. The van der Waals surface area contributed by atoms with Crippen LogP contribution in [0.15, 0.2) is 47.6 Å². The number of esters is 1. The molecule has 0 radical (unpaired) electrons. The van der Waals surface area contributed by atoms with Crippen LogP contribution in [-0.2, 0) is 14.3 Å². The van der Waals surface area contributed by atoms with E-state index in [0.29, 0.717) is 33.7 Å². The van der Waals surface area contributed by atoms with E-state index in [-0.39, 0.29) is 11.7 Å². The van der Waals surface area contributed by atoms with Gasteiger partial charge in [-0.05, 0) is 30.8 Å². The molecule has 0 aliphatic carbocycles. The van der Waals surface area contributed by atoms with Crippen LogP contribution in [0.4, 0.5) is 0 Å². The molecule has 2 rings (SSSR count). The Balaban J connectivity index is 2.14. The van der Waals surface area contributed by atoms with Gasteiger partial charge in [-0.3, -0.25) is 4.79 Å². The molecule has 0 aromatic heterocycles. The number of hydrogen-bond donors (Lipinski definition) is 0. The Bertz CT molecular complexity index is 698. The first kappa shape index (κ1) is 18.4. The number of para-hydroxylation sites is 1. The predicted octanol–water partition coefficient (Wildman–Crippen LogP) is 3.52. The van der Waals surface area contributed by atoms with Crippen LogP contribution < -0.4 is 4.74 Å². The lowest BCUT2D eigenvalue weighted by atomic mass is 10.1. The van der Waals surface area contributed by atoms with Crippen LogP contribution in [0.5, 0.6) is 5.75 Å². The zero-order valence-corrected chi connectivity index (χ0v) is 14.8. The largest absolute Gasteiger partial charge is 0.481 e. The maximum Gasteiger partial charge on any atom is 0.344 e. The SMILES string of the molecule is C=CCSC1=N/C(=C\c2ccccc2OCC(=O)OCC)C(=O)S1. The molecule has 0 bridgehead atoms. The lowest BCUT2D eigenvalue weighted by molar-refractivity contribution is -0.145. The van der Waals surface area contributed by atoms with Gasteiger partial charge in [-0.15, -0.1) is 6.58 Å². The number of benzene rings is 1. The van der Waals surface area contributed by atoms with Crippen LogP contribution in [0.3, 0.4) is 0 Å². The molecule has 24 heavy (non-hydrogen) atoms. The number of carbonyl (C=O) groups excluding carboxylic acids is 2. The summed E-state index contributed by atoms with van der Waals surface area (Å²) in [6.45, 7) is 5.51. The second-order valence-electron chi connectivity index (χ2n) is 4.53. The van der Waals surface area contributed by atoms with Gasteiger partial charge in [0.05, 0.1) is 6.61 Å². The van der Waals surface area contributed by atoms with Crippen LogP contribution in [0, 0.1) is 0 Å². The van der Waals surface area contributed by atoms with E-state index < -0.39 is 5.97 Å². The van der Waals surface area contributed by atoms with Gasteiger partial charge in [-0.1, -0.05) is 36.0 Å². The fraction of sp³-hybridized carbons (Fsp3) is 0.235. The Hall–Kier alpha value is -1.99. The lowest BCUT2D eigenvalue weighted by Crippen LogP contribution is -2.14. The van der Waals surface area contributed by atoms with Crippen molar-refractivity contribution in [2.24, 2.45) is 4.99 Å². The van der Waals surface area contributed by atoms with Gasteiger partial charge >= 0.3 is 5.97 Å². The van der Waals surface area contributed by atoms with Gasteiger partial charge in [0.1, 0.15) is 15.8 Å². The third-order valence-corrected chi connectivity index (χ3v) is 4.79. The van der Waals surface area contributed by atoms with Gasteiger partial charge < -0.3 is 9.47 Å². The molecule has 0 amide bonds. The zero-order chi connectivity index (χ0) is 17.4. The first-order valence-electron chi connectivity index (χ1n) is 7.27. The van der Waals surface area contributed by atoms with Crippen LogP contribution in [-0.4, -0.2) is 34.4 Å². The van der Waals surface area contributed by atoms with Crippen molar-refractivity contribution in [2.75, 3.05) is 19.0 Å². The minimum atomic E-state index is -0.436. The normalized spacial score (nSPS) is 15.3. The second-order valence-corrected chi connectivity index (χ2v) is 6.76. The number of thioether (sulfide) groups is 2. The number of ether oxygens (including phenoxy) is 2. The zero-order valence-electron chi connectivity index (χ0n) is 13.2. The number of aliphatic imine (C=N–C) groups is 1. The van der Waals surface area contributed by atoms with Crippen molar-refractivity contribution < 1.29 is 19.1 Å². The molecule has 1 heterocycles. The molecule has 1 aromatic rings. The standard InChI is InChI=1S/C17H17NO4S2/c1-3-9-23-17-18-13(16(20)24-17)10-12-7-5-6-8-14(12)22-11-15(19)21-4-2/h3,5-8,10H,1,4,9,11H2,2H3/b13-10-. The highest BCUT2D eigenvalue weighted by Gasteiger charge is 2.22. The van der Waals surface area contributed by atoms with Gasteiger partial charge in [-0.2, -0.15) is 0 Å². The predicted molar refractivity (Wildman–Crippen MR) is 99.2 cm³/mol. The smallest absolute Gasteiger partial charge is 0.344 e. The van der Waals surface area contributed by atoms with E-state index in [0.717, 1.165) is 11.8 Å². The summed E-state index contributed by atoms with van der Waals surface area (Å²) < 4.78 is 11.0. The van der Waals surface area contributed by atoms with Crippen molar-refractivity contribution in [2.45, 2.75) is 6.92 Å². The van der Waals surface area contributed by atoms with Crippen LogP contribution in [0.25, 0.3) is 6.08 Å². The van der Waals surface area contributed by atoms with Crippen molar-refractivity contribution >= 4 is 45.1 Å². The summed E-state index contributed by atoms with van der Waals surface area (Å²) in [7, 11) is 0. The second kappa shape index (κ2) is 9.34. The Labute approximate surface area is 149 Å². The fourth-order valence-electron chi connectivity index (χ4n) is 1.80. The minimum Gasteiger partial charge on any atom is -0.481 e. The summed E-state index contributed by atoms with van der Waals surface area (Å²) in [6.07, 6.45) is 3.43. The van der Waals surface area contributed by atoms with E-state index in [1.54, 1.807) is 37.3 Å². The van der Waals surface area contributed by atoms with E-state index >= 15 is 0 Å². The van der Waals surface area contributed by atoms with Crippen molar-refractivity contribution in [3.63, 3.8) is 0 Å². The molecule has 0 saturated carbocycles. The number of nitrogens with zero attached hydrogens (tertiary/aromatic N) is 1. The first-order valence-corrected chi connectivity index (χ1v) is 9.08. The lowest BCUT2D eigenvalue weighted by Gasteiger charge is -2.08. The summed E-state index contributed by atoms with van der Waals surface area (Å²) in [4.78, 5) is 27.8. The molecule has 1 aliphatic rings. The Morgan fingerprint density at radius 3 is 2.96 bits per heavy atom. The van der Waals surface area contributed by atoms with E-state index in [9.17, 15) is 9.59 Å². The van der Waals surface area contributed by atoms with Gasteiger partial charge in [0, 0.05) is 11.3 Å². The summed E-state index contributed by atoms with van der Waals surface area (Å²) in [5.41, 5.74) is 1.04. The fourth-order valence-corrected chi connectivity index (χ4v) is 3.40. The van der Waals surface area contributed by atoms with Crippen molar-refractivity contribution in [3.8, 4) is 5.75 Å². The highest BCUT2D eigenvalue weighted by Crippen LogP contribution is 2.32. The first-order chi connectivity index (χ1) is 11.6. The van der Waals surface area contributed by atoms with Crippen molar-refractivity contribution in [1.29, 1.82) is 0 Å². The number of rotatable bonds is 7. The molecule has 0 spiro atoms. The summed E-state index contributed by atoms with van der Waals surface area (Å²) >= 11 is 2.57. The maximum absolute atomic E-state index is 12.0. The Morgan fingerprint density at radius 1 is 1.42 bits per heavy atom.